The third kappa shape index (κ3) is 2.02. The fourth-order valence-electron chi connectivity index (χ4n) is 1.78. The monoisotopic (exact) mass is 220 g/mol. The van der Waals surface area contributed by atoms with Gasteiger partial charge in [-0.05, 0) is 37.5 Å². The first-order valence-electron chi connectivity index (χ1n) is 5.50. The van der Waals surface area contributed by atoms with Crippen molar-refractivity contribution in [3.05, 3.63) is 29.3 Å². The summed E-state index contributed by atoms with van der Waals surface area (Å²) in [7, 11) is 0. The summed E-state index contributed by atoms with van der Waals surface area (Å²) in [6.45, 7) is 3.13. The number of hydroxylamine groups is 2. The summed E-state index contributed by atoms with van der Waals surface area (Å²) < 4.78 is 0. The Kier molecular flexibility index (Phi) is 3.10. The summed E-state index contributed by atoms with van der Waals surface area (Å²) in [5.41, 5.74) is 7.87. The lowest BCUT2D eigenvalue weighted by molar-refractivity contribution is -0.144. The fourth-order valence-corrected chi connectivity index (χ4v) is 1.78. The molecule has 4 nitrogen and oxygen atoms in total. The maximum absolute atomic E-state index is 12.1. The molecule has 1 saturated heterocycles. The van der Waals surface area contributed by atoms with Gasteiger partial charge in [0.15, 0.2) is 0 Å². The molecule has 0 radical (unpaired) electrons. The van der Waals surface area contributed by atoms with Gasteiger partial charge in [-0.1, -0.05) is 6.07 Å². The van der Waals surface area contributed by atoms with Gasteiger partial charge in [-0.15, -0.1) is 0 Å². The second-order valence-electron chi connectivity index (χ2n) is 3.97. The van der Waals surface area contributed by atoms with E-state index < -0.39 is 0 Å². The number of amides is 1. The molecule has 1 fully saturated rings. The molecule has 0 unspecified atom stereocenters. The number of nitrogen functional groups attached to an aromatic ring is 1. The Labute approximate surface area is 94.9 Å². The molecule has 16 heavy (non-hydrogen) atoms. The maximum Gasteiger partial charge on any atom is 0.277 e. The Morgan fingerprint density at radius 3 is 2.94 bits per heavy atom. The highest BCUT2D eigenvalue weighted by molar-refractivity contribution is 5.96. The Morgan fingerprint density at radius 2 is 2.25 bits per heavy atom. The minimum Gasteiger partial charge on any atom is -0.398 e. The summed E-state index contributed by atoms with van der Waals surface area (Å²) in [4.78, 5) is 17.5. The Balaban J connectivity index is 2.22. The maximum atomic E-state index is 12.1. The van der Waals surface area contributed by atoms with Gasteiger partial charge < -0.3 is 5.73 Å². The number of benzene rings is 1. The molecule has 1 heterocycles. The first-order chi connectivity index (χ1) is 7.70. The van der Waals surface area contributed by atoms with Crippen LogP contribution in [0.3, 0.4) is 0 Å². The number of rotatable bonds is 1. The minimum absolute atomic E-state index is 0.0931. The highest BCUT2D eigenvalue weighted by Gasteiger charge is 2.21. The molecular formula is C12H16N2O2. The van der Waals surface area contributed by atoms with E-state index in [4.69, 9.17) is 10.6 Å². The predicted molar refractivity (Wildman–Crippen MR) is 61.8 cm³/mol. The van der Waals surface area contributed by atoms with Gasteiger partial charge in [0.1, 0.15) is 0 Å². The van der Waals surface area contributed by atoms with E-state index in [-0.39, 0.29) is 5.91 Å². The molecule has 0 saturated carbocycles. The molecule has 1 aromatic rings. The van der Waals surface area contributed by atoms with Crippen molar-refractivity contribution < 1.29 is 9.63 Å². The molecule has 0 bridgehead atoms. The SMILES string of the molecule is Cc1c(N)cccc1C(=O)N1CCCCO1. The van der Waals surface area contributed by atoms with E-state index in [0.717, 1.165) is 18.4 Å². The average Bonchev–Trinajstić information content (AvgIpc) is 2.33. The van der Waals surface area contributed by atoms with Gasteiger partial charge in [0.25, 0.3) is 5.91 Å². The average molecular weight is 220 g/mol. The van der Waals surface area contributed by atoms with E-state index in [2.05, 4.69) is 0 Å². The van der Waals surface area contributed by atoms with Crippen molar-refractivity contribution in [1.82, 2.24) is 5.06 Å². The summed E-state index contributed by atoms with van der Waals surface area (Å²) in [6, 6.07) is 5.37. The van der Waals surface area contributed by atoms with Crippen LogP contribution in [0, 0.1) is 6.92 Å². The molecule has 4 heteroatoms. The molecule has 0 aliphatic carbocycles. The molecule has 1 aliphatic heterocycles. The Morgan fingerprint density at radius 1 is 1.44 bits per heavy atom. The van der Waals surface area contributed by atoms with E-state index in [0.29, 0.717) is 24.4 Å². The zero-order chi connectivity index (χ0) is 11.5. The lowest BCUT2D eigenvalue weighted by Crippen LogP contribution is -2.36. The highest BCUT2D eigenvalue weighted by atomic mass is 16.7. The number of carbonyl (C=O) groups is 1. The van der Waals surface area contributed by atoms with Crippen LogP contribution in [0.4, 0.5) is 5.69 Å². The van der Waals surface area contributed by atoms with Gasteiger partial charge in [-0.2, -0.15) is 0 Å². The van der Waals surface area contributed by atoms with Crippen molar-refractivity contribution in [2.24, 2.45) is 0 Å². The fraction of sp³-hybridized carbons (Fsp3) is 0.417. The van der Waals surface area contributed by atoms with Gasteiger partial charge in [0.2, 0.25) is 0 Å². The van der Waals surface area contributed by atoms with Crippen LogP contribution in [0.25, 0.3) is 0 Å². The third-order valence-corrected chi connectivity index (χ3v) is 2.84. The standard InChI is InChI=1S/C12H16N2O2/c1-9-10(5-4-6-11(9)13)12(15)14-7-2-3-8-16-14/h4-6H,2-3,7-8,13H2,1H3. The number of nitrogens with two attached hydrogens (primary N) is 1. The second kappa shape index (κ2) is 4.53. The van der Waals surface area contributed by atoms with E-state index in [1.165, 1.54) is 5.06 Å². The van der Waals surface area contributed by atoms with Gasteiger partial charge in [-0.3, -0.25) is 9.63 Å². The smallest absolute Gasteiger partial charge is 0.277 e. The second-order valence-corrected chi connectivity index (χ2v) is 3.97. The largest absolute Gasteiger partial charge is 0.398 e. The lowest BCUT2D eigenvalue weighted by Gasteiger charge is -2.26. The third-order valence-electron chi connectivity index (χ3n) is 2.84. The number of carbonyl (C=O) groups excluding carboxylic acids is 1. The minimum atomic E-state index is -0.0931. The van der Waals surface area contributed by atoms with Crippen molar-refractivity contribution in [1.29, 1.82) is 0 Å². The van der Waals surface area contributed by atoms with E-state index in [1.807, 2.05) is 6.92 Å². The van der Waals surface area contributed by atoms with E-state index in [1.54, 1.807) is 18.2 Å². The number of hydrogen-bond donors (Lipinski definition) is 1. The molecule has 86 valence electrons. The Bertz CT molecular complexity index is 398. The van der Waals surface area contributed by atoms with Gasteiger partial charge in [0, 0.05) is 17.8 Å². The van der Waals surface area contributed by atoms with Crippen LogP contribution in [0.15, 0.2) is 18.2 Å². The molecule has 1 amide bonds. The number of hydrogen-bond acceptors (Lipinski definition) is 3. The summed E-state index contributed by atoms with van der Waals surface area (Å²) in [6.07, 6.45) is 2.01. The van der Waals surface area contributed by atoms with Crippen molar-refractivity contribution in [2.45, 2.75) is 19.8 Å². The summed E-state index contributed by atoms with van der Waals surface area (Å²) in [5, 5.41) is 1.44. The van der Waals surface area contributed by atoms with Gasteiger partial charge >= 0.3 is 0 Å². The topological polar surface area (TPSA) is 55.6 Å². The lowest BCUT2D eigenvalue weighted by atomic mass is 10.1. The van der Waals surface area contributed by atoms with Gasteiger partial charge in [0.05, 0.1) is 6.61 Å². The molecule has 2 rings (SSSR count). The van der Waals surface area contributed by atoms with Gasteiger partial charge in [-0.25, -0.2) is 5.06 Å². The summed E-state index contributed by atoms with van der Waals surface area (Å²) >= 11 is 0. The van der Waals surface area contributed by atoms with Crippen LogP contribution in [0.5, 0.6) is 0 Å². The van der Waals surface area contributed by atoms with Crippen LogP contribution in [-0.4, -0.2) is 24.1 Å². The quantitative estimate of drug-likeness (QED) is 0.733. The summed E-state index contributed by atoms with van der Waals surface area (Å²) in [5.74, 6) is -0.0931. The molecule has 1 aromatic carbocycles. The van der Waals surface area contributed by atoms with Crippen molar-refractivity contribution in [3.63, 3.8) is 0 Å². The van der Waals surface area contributed by atoms with Crippen LogP contribution < -0.4 is 5.73 Å². The molecule has 0 aromatic heterocycles. The van der Waals surface area contributed by atoms with Crippen molar-refractivity contribution >= 4 is 11.6 Å². The van der Waals surface area contributed by atoms with E-state index >= 15 is 0 Å². The van der Waals surface area contributed by atoms with Crippen LogP contribution in [0.1, 0.15) is 28.8 Å². The van der Waals surface area contributed by atoms with Crippen molar-refractivity contribution in [3.8, 4) is 0 Å². The van der Waals surface area contributed by atoms with E-state index in [9.17, 15) is 4.79 Å². The molecule has 0 atom stereocenters. The number of nitrogens with zero attached hydrogens (tertiary/aromatic N) is 1. The zero-order valence-electron chi connectivity index (χ0n) is 9.40. The molecule has 0 spiro atoms. The number of anilines is 1. The first-order valence-corrected chi connectivity index (χ1v) is 5.50. The molecule has 2 N–H and O–H groups in total. The van der Waals surface area contributed by atoms with Crippen molar-refractivity contribution in [2.75, 3.05) is 18.9 Å². The zero-order valence-corrected chi connectivity index (χ0v) is 9.40. The first kappa shape index (κ1) is 11.0. The molecule has 1 aliphatic rings. The predicted octanol–water partition coefficient (Wildman–Crippen LogP) is 1.74. The molecular weight excluding hydrogens is 204 g/mol. The van der Waals surface area contributed by atoms with Crippen LogP contribution >= 0.6 is 0 Å². The Hall–Kier alpha value is -1.55. The van der Waals surface area contributed by atoms with Crippen LogP contribution in [0.2, 0.25) is 0 Å². The normalized spacial score (nSPS) is 16.2. The highest BCUT2D eigenvalue weighted by Crippen LogP contribution is 2.19. The van der Waals surface area contributed by atoms with Crippen LogP contribution in [-0.2, 0) is 4.84 Å².